The van der Waals surface area contributed by atoms with Gasteiger partial charge in [-0.2, -0.15) is 0 Å². The summed E-state index contributed by atoms with van der Waals surface area (Å²) >= 11 is 0. The minimum absolute atomic E-state index is 0.282. The Morgan fingerprint density at radius 1 is 1.37 bits per heavy atom. The second-order valence-corrected chi connectivity index (χ2v) is 5.84. The van der Waals surface area contributed by atoms with Crippen LogP contribution >= 0.6 is 0 Å². The van der Waals surface area contributed by atoms with E-state index in [0.29, 0.717) is 0 Å². The van der Waals surface area contributed by atoms with Crippen LogP contribution in [0, 0.1) is 0 Å². The van der Waals surface area contributed by atoms with Gasteiger partial charge in [0.1, 0.15) is 0 Å². The predicted molar refractivity (Wildman–Crippen MR) is 79.1 cm³/mol. The van der Waals surface area contributed by atoms with Gasteiger partial charge < -0.3 is 10.6 Å². The van der Waals surface area contributed by atoms with E-state index in [9.17, 15) is 0 Å². The van der Waals surface area contributed by atoms with Crippen LogP contribution in [-0.4, -0.2) is 48.1 Å². The maximum Gasteiger partial charge on any atom is 0.0312 e. The van der Waals surface area contributed by atoms with Crippen LogP contribution in [0.1, 0.15) is 25.8 Å². The summed E-state index contributed by atoms with van der Waals surface area (Å²) in [5.41, 5.74) is 1.53. The van der Waals surface area contributed by atoms with E-state index in [4.69, 9.17) is 0 Å². The molecule has 0 spiro atoms. The van der Waals surface area contributed by atoms with Gasteiger partial charge in [-0.05, 0) is 38.4 Å². The van der Waals surface area contributed by atoms with Gasteiger partial charge in [0.15, 0.2) is 0 Å². The monoisotopic (exact) mass is 262 g/mol. The summed E-state index contributed by atoms with van der Waals surface area (Å²) in [6.45, 7) is 11.2. The third-order valence-corrected chi connectivity index (χ3v) is 3.94. The fourth-order valence-electron chi connectivity index (χ4n) is 2.56. The van der Waals surface area contributed by atoms with Gasteiger partial charge in [0.2, 0.25) is 0 Å². The fourth-order valence-corrected chi connectivity index (χ4v) is 2.56. The molecule has 1 saturated heterocycles. The van der Waals surface area contributed by atoms with Gasteiger partial charge in [0.25, 0.3) is 0 Å². The number of aromatic nitrogens is 1. The predicted octanol–water partition coefficient (Wildman–Crippen LogP) is 1.25. The quantitative estimate of drug-likeness (QED) is 0.757. The molecule has 1 aromatic rings. The Morgan fingerprint density at radius 2 is 2.16 bits per heavy atom. The van der Waals surface area contributed by atoms with Crippen LogP contribution in [0.4, 0.5) is 0 Å². The molecular formula is C15H26N4. The van der Waals surface area contributed by atoms with E-state index in [1.807, 2.05) is 18.5 Å². The molecule has 1 aliphatic heterocycles. The van der Waals surface area contributed by atoms with Crippen molar-refractivity contribution in [2.45, 2.75) is 32.4 Å². The number of pyridine rings is 1. The molecule has 0 bridgehead atoms. The molecule has 1 fully saturated rings. The highest BCUT2D eigenvalue weighted by Gasteiger charge is 2.26. The Bertz CT molecular complexity index is 358. The molecule has 2 heterocycles. The molecule has 1 aromatic heterocycles. The van der Waals surface area contributed by atoms with Crippen molar-refractivity contribution in [1.82, 2.24) is 20.5 Å². The molecule has 0 aliphatic carbocycles. The standard InChI is InChI=1S/C15H26N4/c1-15(2,19-10-8-16-9-11-19)5-7-18-13-14-4-3-6-17-12-14/h3-4,6,12,16,18H,5,7-11,13H2,1-2H3. The van der Waals surface area contributed by atoms with Crippen molar-refractivity contribution in [2.24, 2.45) is 0 Å². The van der Waals surface area contributed by atoms with E-state index in [2.05, 4.69) is 40.4 Å². The Labute approximate surface area is 116 Å². The largest absolute Gasteiger partial charge is 0.314 e. The number of rotatable bonds is 6. The molecule has 2 rings (SSSR count). The van der Waals surface area contributed by atoms with Crippen LogP contribution in [0.15, 0.2) is 24.5 Å². The van der Waals surface area contributed by atoms with Crippen LogP contribution in [0.25, 0.3) is 0 Å². The van der Waals surface area contributed by atoms with Crippen LogP contribution in [0.3, 0.4) is 0 Å². The van der Waals surface area contributed by atoms with Gasteiger partial charge in [-0.25, -0.2) is 0 Å². The molecule has 4 heteroatoms. The molecule has 0 atom stereocenters. The molecule has 4 nitrogen and oxygen atoms in total. The number of piperazine rings is 1. The van der Waals surface area contributed by atoms with Crippen molar-refractivity contribution in [3.05, 3.63) is 30.1 Å². The smallest absolute Gasteiger partial charge is 0.0312 e. The van der Waals surface area contributed by atoms with E-state index in [-0.39, 0.29) is 5.54 Å². The second-order valence-electron chi connectivity index (χ2n) is 5.84. The van der Waals surface area contributed by atoms with Crippen LogP contribution in [0.5, 0.6) is 0 Å². The van der Waals surface area contributed by atoms with Crippen molar-refractivity contribution in [3.8, 4) is 0 Å². The summed E-state index contributed by atoms with van der Waals surface area (Å²) in [5.74, 6) is 0. The first-order chi connectivity index (χ1) is 9.18. The van der Waals surface area contributed by atoms with Crippen molar-refractivity contribution in [3.63, 3.8) is 0 Å². The highest BCUT2D eigenvalue weighted by molar-refractivity contribution is 5.07. The molecule has 1 aliphatic rings. The summed E-state index contributed by atoms with van der Waals surface area (Å²) in [7, 11) is 0. The van der Waals surface area contributed by atoms with Crippen LogP contribution in [0.2, 0.25) is 0 Å². The van der Waals surface area contributed by atoms with Crippen LogP contribution < -0.4 is 10.6 Å². The summed E-state index contributed by atoms with van der Waals surface area (Å²) in [6.07, 6.45) is 4.92. The van der Waals surface area contributed by atoms with E-state index < -0.39 is 0 Å². The fraction of sp³-hybridized carbons (Fsp3) is 0.667. The number of nitrogens with one attached hydrogen (secondary N) is 2. The lowest BCUT2D eigenvalue weighted by Gasteiger charge is -2.41. The Hall–Kier alpha value is -0.970. The number of hydrogen-bond acceptors (Lipinski definition) is 4. The van der Waals surface area contributed by atoms with Gasteiger partial charge in [-0.3, -0.25) is 9.88 Å². The molecule has 2 N–H and O–H groups in total. The van der Waals surface area contributed by atoms with Gasteiger partial charge >= 0.3 is 0 Å². The van der Waals surface area contributed by atoms with Gasteiger partial charge in [0.05, 0.1) is 0 Å². The maximum atomic E-state index is 4.13. The first-order valence-corrected chi connectivity index (χ1v) is 7.24. The summed E-state index contributed by atoms with van der Waals surface area (Å²) < 4.78 is 0. The second kappa shape index (κ2) is 6.98. The van der Waals surface area contributed by atoms with Gasteiger partial charge in [-0.1, -0.05) is 6.07 Å². The first kappa shape index (κ1) is 14.4. The number of nitrogens with zero attached hydrogens (tertiary/aromatic N) is 2. The normalized spacial score (nSPS) is 17.6. The van der Waals surface area contributed by atoms with Crippen molar-refractivity contribution in [2.75, 3.05) is 32.7 Å². The Balaban J connectivity index is 1.69. The molecule has 106 valence electrons. The minimum Gasteiger partial charge on any atom is -0.314 e. The van der Waals surface area contributed by atoms with Crippen LogP contribution in [-0.2, 0) is 6.54 Å². The summed E-state index contributed by atoms with van der Waals surface area (Å²) in [6, 6.07) is 4.10. The highest BCUT2D eigenvalue weighted by atomic mass is 15.2. The molecule has 0 unspecified atom stereocenters. The average Bonchev–Trinajstić information content (AvgIpc) is 2.46. The van der Waals surface area contributed by atoms with Crippen molar-refractivity contribution >= 4 is 0 Å². The molecule has 0 saturated carbocycles. The Kier molecular flexibility index (Phi) is 5.31. The third kappa shape index (κ3) is 4.56. The maximum absolute atomic E-state index is 4.13. The van der Waals surface area contributed by atoms with Gasteiger partial charge in [0, 0.05) is 50.7 Å². The average molecular weight is 262 g/mol. The minimum atomic E-state index is 0.282. The first-order valence-electron chi connectivity index (χ1n) is 7.24. The van der Waals surface area contributed by atoms with E-state index in [1.54, 1.807) is 0 Å². The third-order valence-electron chi connectivity index (χ3n) is 3.94. The van der Waals surface area contributed by atoms with E-state index in [0.717, 1.165) is 39.3 Å². The lowest BCUT2D eigenvalue weighted by atomic mass is 9.97. The summed E-state index contributed by atoms with van der Waals surface area (Å²) in [4.78, 5) is 6.72. The molecule has 0 amide bonds. The Morgan fingerprint density at radius 3 is 2.84 bits per heavy atom. The van der Waals surface area contributed by atoms with Gasteiger partial charge in [-0.15, -0.1) is 0 Å². The molecular weight excluding hydrogens is 236 g/mol. The lowest BCUT2D eigenvalue weighted by Crippen LogP contribution is -2.54. The molecule has 19 heavy (non-hydrogen) atoms. The SMILES string of the molecule is CC(C)(CCNCc1cccnc1)N1CCNCC1. The molecule has 0 radical (unpaired) electrons. The zero-order chi connectivity index (χ0) is 13.6. The molecule has 0 aromatic carbocycles. The van der Waals surface area contributed by atoms with Crippen molar-refractivity contribution in [1.29, 1.82) is 0 Å². The zero-order valence-electron chi connectivity index (χ0n) is 12.2. The zero-order valence-corrected chi connectivity index (χ0v) is 12.2. The summed E-state index contributed by atoms with van der Waals surface area (Å²) in [5, 5.41) is 6.93. The van der Waals surface area contributed by atoms with E-state index >= 15 is 0 Å². The van der Waals surface area contributed by atoms with E-state index in [1.165, 1.54) is 12.0 Å². The lowest BCUT2D eigenvalue weighted by molar-refractivity contribution is 0.0955. The number of hydrogen-bond donors (Lipinski definition) is 2. The topological polar surface area (TPSA) is 40.2 Å². The van der Waals surface area contributed by atoms with Crippen molar-refractivity contribution < 1.29 is 0 Å². The highest BCUT2D eigenvalue weighted by Crippen LogP contribution is 2.18.